The lowest BCUT2D eigenvalue weighted by molar-refractivity contribution is 0.198. The zero-order valence-electron chi connectivity index (χ0n) is 18.5. The maximum absolute atomic E-state index is 6.62. The number of piperidine rings is 1. The molecule has 2 heterocycles. The molecule has 0 bridgehead atoms. The quantitative estimate of drug-likeness (QED) is 0.485. The lowest BCUT2D eigenvalue weighted by Gasteiger charge is -2.43. The molecule has 164 valence electrons. The molecule has 0 amide bonds. The van der Waals surface area contributed by atoms with Gasteiger partial charge in [-0.1, -0.05) is 48.5 Å². The van der Waals surface area contributed by atoms with E-state index in [4.69, 9.17) is 4.74 Å². The van der Waals surface area contributed by atoms with Crippen molar-refractivity contribution < 1.29 is 4.74 Å². The number of nitrogens with zero attached hydrogens (tertiary/aromatic N) is 1. The van der Waals surface area contributed by atoms with Crippen molar-refractivity contribution in [2.45, 2.75) is 30.9 Å². The predicted octanol–water partition coefficient (Wildman–Crippen LogP) is 5.19. The third-order valence-electron chi connectivity index (χ3n) is 6.41. The zero-order valence-corrected chi connectivity index (χ0v) is 19.3. The molecule has 2 N–H and O–H groups in total. The molecule has 0 radical (unpaired) electrons. The summed E-state index contributed by atoms with van der Waals surface area (Å²) < 4.78 is 6.62. The Balaban J connectivity index is 1.51. The van der Waals surface area contributed by atoms with Gasteiger partial charge >= 0.3 is 0 Å². The van der Waals surface area contributed by atoms with Crippen LogP contribution in [0.5, 0.6) is 5.75 Å². The number of hydrogen-bond acceptors (Lipinski definition) is 5. The van der Waals surface area contributed by atoms with Crippen LogP contribution in [0.4, 0.5) is 5.69 Å². The van der Waals surface area contributed by atoms with Gasteiger partial charge in [0.05, 0.1) is 5.69 Å². The topological polar surface area (TPSA) is 36.5 Å². The first-order chi connectivity index (χ1) is 15.3. The number of nitrogens with one attached hydrogen (secondary N) is 2. The average Bonchev–Trinajstić information content (AvgIpc) is 3.38. The molecule has 4 rings (SSSR count). The van der Waals surface area contributed by atoms with Crippen molar-refractivity contribution >= 4 is 17.0 Å². The minimum atomic E-state index is 0.0415. The molecule has 31 heavy (non-hydrogen) atoms. The van der Waals surface area contributed by atoms with E-state index in [9.17, 15) is 0 Å². The Bertz CT molecular complexity index is 921. The van der Waals surface area contributed by atoms with E-state index in [0.29, 0.717) is 0 Å². The van der Waals surface area contributed by atoms with E-state index >= 15 is 0 Å². The number of thiophene rings is 1. The third kappa shape index (κ3) is 4.95. The first kappa shape index (κ1) is 21.9. The monoisotopic (exact) mass is 435 g/mol. The third-order valence-corrected chi connectivity index (χ3v) is 7.38. The van der Waals surface area contributed by atoms with Gasteiger partial charge in [0.1, 0.15) is 11.9 Å². The molecule has 0 aliphatic carbocycles. The number of rotatable bonds is 9. The molecular formula is C26H33N3OS. The van der Waals surface area contributed by atoms with Crippen LogP contribution in [0.25, 0.3) is 0 Å². The Morgan fingerprint density at radius 3 is 2.39 bits per heavy atom. The number of anilines is 1. The van der Waals surface area contributed by atoms with Gasteiger partial charge in [0, 0.05) is 29.9 Å². The second-order valence-corrected chi connectivity index (χ2v) is 9.15. The summed E-state index contributed by atoms with van der Waals surface area (Å²) in [6, 6.07) is 23.7. The Labute approximate surface area is 190 Å². The van der Waals surface area contributed by atoms with Crippen LogP contribution in [0.15, 0.2) is 72.1 Å². The molecule has 0 saturated carbocycles. The van der Waals surface area contributed by atoms with Crippen molar-refractivity contribution in [1.29, 1.82) is 0 Å². The molecule has 3 aromatic rings. The van der Waals surface area contributed by atoms with Gasteiger partial charge in [-0.2, -0.15) is 0 Å². The van der Waals surface area contributed by atoms with Gasteiger partial charge in [0.2, 0.25) is 0 Å². The second-order valence-electron chi connectivity index (χ2n) is 8.17. The summed E-state index contributed by atoms with van der Waals surface area (Å²) in [4.78, 5) is 3.76. The highest BCUT2D eigenvalue weighted by atomic mass is 32.1. The summed E-state index contributed by atoms with van der Waals surface area (Å²) in [5.41, 5.74) is 2.62. The fourth-order valence-electron chi connectivity index (χ4n) is 4.55. The molecular weight excluding hydrogens is 402 g/mol. The Kier molecular flexibility index (Phi) is 7.28. The van der Waals surface area contributed by atoms with Gasteiger partial charge in [-0.05, 0) is 62.6 Å². The number of para-hydroxylation sites is 2. The van der Waals surface area contributed by atoms with Crippen LogP contribution < -0.4 is 20.3 Å². The number of benzene rings is 2. The van der Waals surface area contributed by atoms with E-state index < -0.39 is 0 Å². The van der Waals surface area contributed by atoms with E-state index in [1.807, 2.05) is 7.05 Å². The lowest BCUT2D eigenvalue weighted by atomic mass is 9.81. The molecule has 1 aliphatic heterocycles. The average molecular weight is 436 g/mol. The molecule has 1 aromatic heterocycles. The highest BCUT2D eigenvalue weighted by Crippen LogP contribution is 2.39. The summed E-state index contributed by atoms with van der Waals surface area (Å²) >= 11 is 1.77. The van der Waals surface area contributed by atoms with Crippen LogP contribution in [0.1, 0.15) is 35.8 Å². The van der Waals surface area contributed by atoms with Crippen molar-refractivity contribution in [2.24, 2.45) is 0 Å². The highest BCUT2D eigenvalue weighted by Gasteiger charge is 2.35. The molecule has 0 unspecified atom stereocenters. The second kappa shape index (κ2) is 10.3. The van der Waals surface area contributed by atoms with E-state index in [1.165, 1.54) is 16.1 Å². The minimum absolute atomic E-state index is 0.0415. The highest BCUT2D eigenvalue weighted by molar-refractivity contribution is 7.10. The van der Waals surface area contributed by atoms with Crippen molar-refractivity contribution in [3.05, 3.63) is 82.6 Å². The normalized spacial score (nSPS) is 16.8. The number of hydrogen-bond donors (Lipinski definition) is 2. The van der Waals surface area contributed by atoms with Crippen LogP contribution in [-0.2, 0) is 5.54 Å². The van der Waals surface area contributed by atoms with Crippen LogP contribution in [0.3, 0.4) is 0 Å². The molecule has 1 aliphatic rings. The molecule has 1 saturated heterocycles. The fraction of sp³-hybridized carbons (Fsp3) is 0.385. The summed E-state index contributed by atoms with van der Waals surface area (Å²) in [6.45, 7) is 2.92. The molecule has 5 heteroatoms. The first-order valence-electron chi connectivity index (χ1n) is 11.2. The molecule has 4 nitrogen and oxygen atoms in total. The van der Waals surface area contributed by atoms with E-state index in [0.717, 1.165) is 44.6 Å². The maximum Gasteiger partial charge on any atom is 0.143 e. The van der Waals surface area contributed by atoms with Crippen LogP contribution in [0, 0.1) is 0 Å². The largest absolute Gasteiger partial charge is 0.483 e. The summed E-state index contributed by atoms with van der Waals surface area (Å²) in [5.74, 6) is 0.980. The van der Waals surface area contributed by atoms with Crippen molar-refractivity contribution in [3.8, 4) is 5.75 Å². The van der Waals surface area contributed by atoms with Crippen LogP contribution >= 0.6 is 11.3 Å². The smallest absolute Gasteiger partial charge is 0.143 e. The molecule has 1 fully saturated rings. The molecule has 2 aromatic carbocycles. The van der Waals surface area contributed by atoms with Crippen LogP contribution in [-0.4, -0.2) is 33.7 Å². The van der Waals surface area contributed by atoms with Gasteiger partial charge < -0.3 is 20.3 Å². The summed E-state index contributed by atoms with van der Waals surface area (Å²) in [5, 5.41) is 9.02. The van der Waals surface area contributed by atoms with Crippen molar-refractivity contribution in [2.75, 3.05) is 38.6 Å². The van der Waals surface area contributed by atoms with Crippen molar-refractivity contribution in [3.63, 3.8) is 0 Å². The van der Waals surface area contributed by atoms with E-state index in [2.05, 4.69) is 94.7 Å². The Morgan fingerprint density at radius 2 is 1.71 bits per heavy atom. The van der Waals surface area contributed by atoms with E-state index in [1.54, 1.807) is 11.3 Å². The van der Waals surface area contributed by atoms with Gasteiger partial charge in [0.25, 0.3) is 0 Å². The van der Waals surface area contributed by atoms with Gasteiger partial charge in [-0.3, -0.25) is 0 Å². The molecule has 1 atom stereocenters. The number of ether oxygens (including phenoxy) is 1. The Hall–Kier alpha value is -2.34. The minimum Gasteiger partial charge on any atom is -0.483 e. The van der Waals surface area contributed by atoms with Gasteiger partial charge in [-0.25, -0.2) is 0 Å². The standard InChI is InChI=1S/C26H33N3OS/c1-27-17-14-24(25-13-8-20-31-25)30-23-12-7-6-11-22(23)29-18-15-26(28-2,16-19-29)21-9-4-3-5-10-21/h3-13,20,24,27-28H,14-19H2,1-2H3/t24-/m1/s1. The maximum atomic E-state index is 6.62. The van der Waals surface area contributed by atoms with Crippen LogP contribution in [0.2, 0.25) is 0 Å². The lowest BCUT2D eigenvalue weighted by Crippen LogP contribution is -2.50. The summed E-state index contributed by atoms with van der Waals surface area (Å²) in [6.07, 6.45) is 3.15. The van der Waals surface area contributed by atoms with Gasteiger partial charge in [0.15, 0.2) is 0 Å². The molecule has 0 spiro atoms. The predicted molar refractivity (Wildman–Crippen MR) is 131 cm³/mol. The van der Waals surface area contributed by atoms with Crippen molar-refractivity contribution in [1.82, 2.24) is 10.6 Å². The van der Waals surface area contributed by atoms with Gasteiger partial charge in [-0.15, -0.1) is 11.3 Å². The Morgan fingerprint density at radius 1 is 0.968 bits per heavy atom. The fourth-order valence-corrected chi connectivity index (χ4v) is 5.34. The van der Waals surface area contributed by atoms with E-state index in [-0.39, 0.29) is 11.6 Å². The summed E-state index contributed by atoms with van der Waals surface area (Å²) in [7, 11) is 4.08. The zero-order chi connectivity index (χ0) is 21.5. The SMILES string of the molecule is CNCC[C@@H](Oc1ccccc1N1CCC(NC)(c2ccccc2)CC1)c1cccs1. The first-order valence-corrected chi connectivity index (χ1v) is 12.1.